The Hall–Kier alpha value is -1.51. The van der Waals surface area contributed by atoms with Gasteiger partial charge in [-0.15, -0.1) is 0 Å². The fraction of sp³-hybridized carbons (Fsp3) is 0.696. The lowest BCUT2D eigenvalue weighted by molar-refractivity contribution is -0.158. The highest BCUT2D eigenvalue weighted by Crippen LogP contribution is 2.60. The summed E-state index contributed by atoms with van der Waals surface area (Å²) < 4.78 is 0. The highest BCUT2D eigenvalue weighted by molar-refractivity contribution is 5.83. The van der Waals surface area contributed by atoms with Gasteiger partial charge >= 0.3 is 0 Å². The van der Waals surface area contributed by atoms with Gasteiger partial charge in [0, 0.05) is 31.9 Å². The summed E-state index contributed by atoms with van der Waals surface area (Å²) in [6.45, 7) is 8.10. The number of rotatable bonds is 2. The number of carbonyl (C=O) groups excluding carboxylic acids is 1. The Balaban J connectivity index is 1.28. The molecule has 140 valence electrons. The van der Waals surface area contributed by atoms with Crippen molar-refractivity contribution in [2.24, 2.45) is 23.2 Å². The standard InChI is InChI=1S/C23H32N2O/c1-16-3-4-17(2)21(9-16)24-5-7-25(8-6-24)22(26)23-13-18-10-19(14-23)12-20(11-18)15-23/h3-4,9,18-20H,5-8,10-15H2,1-2H3. The number of hydrogen-bond donors (Lipinski definition) is 0. The Morgan fingerprint density at radius 2 is 1.50 bits per heavy atom. The molecule has 1 aromatic carbocycles. The van der Waals surface area contributed by atoms with Crippen LogP contribution in [-0.4, -0.2) is 37.0 Å². The number of piperazine rings is 1. The van der Waals surface area contributed by atoms with Crippen molar-refractivity contribution in [1.29, 1.82) is 0 Å². The van der Waals surface area contributed by atoms with Crippen molar-refractivity contribution in [3.8, 4) is 0 Å². The predicted octanol–water partition coefficient (Wildman–Crippen LogP) is 4.17. The van der Waals surface area contributed by atoms with Crippen molar-refractivity contribution in [1.82, 2.24) is 4.90 Å². The Labute approximate surface area is 157 Å². The third-order valence-corrected chi connectivity index (χ3v) is 7.76. The topological polar surface area (TPSA) is 23.6 Å². The summed E-state index contributed by atoms with van der Waals surface area (Å²) in [5.41, 5.74) is 4.04. The lowest BCUT2D eigenvalue weighted by atomic mass is 9.49. The maximum atomic E-state index is 13.5. The number of nitrogens with zero attached hydrogens (tertiary/aromatic N) is 2. The van der Waals surface area contributed by atoms with Crippen molar-refractivity contribution in [3.05, 3.63) is 29.3 Å². The number of benzene rings is 1. The number of anilines is 1. The summed E-state index contributed by atoms with van der Waals surface area (Å²) in [4.78, 5) is 18.2. The molecular formula is C23H32N2O. The first-order valence-corrected chi connectivity index (χ1v) is 10.6. The second-order valence-corrected chi connectivity index (χ2v) is 9.77. The fourth-order valence-electron chi connectivity index (χ4n) is 6.92. The van der Waals surface area contributed by atoms with E-state index in [1.807, 2.05) is 0 Å². The molecule has 0 atom stereocenters. The van der Waals surface area contributed by atoms with E-state index in [0.717, 1.165) is 43.9 Å². The molecule has 1 saturated heterocycles. The molecule has 1 aliphatic heterocycles. The summed E-state index contributed by atoms with van der Waals surface area (Å²) in [6.07, 6.45) is 7.80. The molecule has 5 fully saturated rings. The zero-order valence-corrected chi connectivity index (χ0v) is 16.3. The highest BCUT2D eigenvalue weighted by atomic mass is 16.2. The van der Waals surface area contributed by atoms with Gasteiger partial charge in [0.05, 0.1) is 5.41 Å². The molecule has 26 heavy (non-hydrogen) atoms. The Kier molecular flexibility index (Phi) is 3.84. The molecule has 1 aromatic rings. The lowest BCUT2D eigenvalue weighted by Crippen LogP contribution is -2.58. The Bertz CT molecular complexity index is 682. The number of carbonyl (C=O) groups is 1. The quantitative estimate of drug-likeness (QED) is 0.797. The Morgan fingerprint density at radius 3 is 2.08 bits per heavy atom. The molecule has 0 radical (unpaired) electrons. The van der Waals surface area contributed by atoms with E-state index in [9.17, 15) is 4.79 Å². The maximum absolute atomic E-state index is 13.5. The van der Waals surface area contributed by atoms with Gasteiger partial charge in [-0.2, -0.15) is 0 Å². The molecule has 6 rings (SSSR count). The van der Waals surface area contributed by atoms with E-state index in [1.165, 1.54) is 55.3 Å². The van der Waals surface area contributed by atoms with Crippen LogP contribution in [0.3, 0.4) is 0 Å². The molecule has 3 heteroatoms. The molecule has 0 spiro atoms. The van der Waals surface area contributed by atoms with Gasteiger partial charge < -0.3 is 9.80 Å². The molecule has 4 bridgehead atoms. The molecule has 0 unspecified atom stereocenters. The van der Waals surface area contributed by atoms with Crippen LogP contribution in [0, 0.1) is 37.0 Å². The molecule has 1 amide bonds. The van der Waals surface area contributed by atoms with Gasteiger partial charge in [0.15, 0.2) is 0 Å². The average molecular weight is 353 g/mol. The van der Waals surface area contributed by atoms with Crippen LogP contribution >= 0.6 is 0 Å². The van der Waals surface area contributed by atoms with Crippen molar-refractivity contribution in [2.75, 3.05) is 31.1 Å². The Morgan fingerprint density at radius 1 is 0.923 bits per heavy atom. The van der Waals surface area contributed by atoms with Crippen LogP contribution in [0.4, 0.5) is 5.69 Å². The van der Waals surface area contributed by atoms with Crippen LogP contribution < -0.4 is 4.90 Å². The van der Waals surface area contributed by atoms with Crippen LogP contribution in [-0.2, 0) is 4.79 Å². The van der Waals surface area contributed by atoms with E-state index < -0.39 is 0 Å². The highest BCUT2D eigenvalue weighted by Gasteiger charge is 2.55. The minimum Gasteiger partial charge on any atom is -0.368 e. The van der Waals surface area contributed by atoms with Crippen molar-refractivity contribution in [3.63, 3.8) is 0 Å². The van der Waals surface area contributed by atoms with Crippen molar-refractivity contribution >= 4 is 11.6 Å². The van der Waals surface area contributed by atoms with Crippen LogP contribution in [0.5, 0.6) is 0 Å². The van der Waals surface area contributed by atoms with Crippen molar-refractivity contribution in [2.45, 2.75) is 52.4 Å². The van der Waals surface area contributed by atoms with E-state index in [1.54, 1.807) is 0 Å². The van der Waals surface area contributed by atoms with E-state index in [-0.39, 0.29) is 5.41 Å². The largest absolute Gasteiger partial charge is 0.368 e. The average Bonchev–Trinajstić information content (AvgIpc) is 2.62. The monoisotopic (exact) mass is 352 g/mol. The zero-order chi connectivity index (χ0) is 17.9. The maximum Gasteiger partial charge on any atom is 0.228 e. The normalized spacial score (nSPS) is 35.8. The summed E-state index contributed by atoms with van der Waals surface area (Å²) >= 11 is 0. The number of amides is 1. The van der Waals surface area contributed by atoms with Gasteiger partial charge in [-0.3, -0.25) is 4.79 Å². The summed E-state index contributed by atoms with van der Waals surface area (Å²) in [7, 11) is 0. The van der Waals surface area contributed by atoms with Crippen LogP contribution in [0.1, 0.15) is 49.7 Å². The lowest BCUT2D eigenvalue weighted by Gasteiger charge is -2.57. The first kappa shape index (κ1) is 16.6. The van der Waals surface area contributed by atoms with E-state index in [2.05, 4.69) is 41.8 Å². The molecule has 4 aliphatic carbocycles. The van der Waals surface area contributed by atoms with E-state index in [0.29, 0.717) is 5.91 Å². The molecule has 3 nitrogen and oxygen atoms in total. The number of hydrogen-bond acceptors (Lipinski definition) is 2. The van der Waals surface area contributed by atoms with Gasteiger partial charge in [-0.05, 0) is 87.3 Å². The van der Waals surface area contributed by atoms with Gasteiger partial charge in [0.1, 0.15) is 0 Å². The smallest absolute Gasteiger partial charge is 0.228 e. The van der Waals surface area contributed by atoms with Crippen molar-refractivity contribution < 1.29 is 4.79 Å². The SMILES string of the molecule is Cc1ccc(C)c(N2CCN(C(=O)C34CC5CC(CC(C5)C3)C4)CC2)c1. The van der Waals surface area contributed by atoms with Gasteiger partial charge in [-0.25, -0.2) is 0 Å². The third kappa shape index (κ3) is 2.66. The second-order valence-electron chi connectivity index (χ2n) is 9.77. The van der Waals surface area contributed by atoms with E-state index >= 15 is 0 Å². The second kappa shape index (κ2) is 6.00. The summed E-state index contributed by atoms with van der Waals surface area (Å²) in [5, 5.41) is 0. The number of aryl methyl sites for hydroxylation is 2. The molecule has 4 saturated carbocycles. The van der Waals surface area contributed by atoms with Crippen LogP contribution in [0.15, 0.2) is 18.2 Å². The predicted molar refractivity (Wildman–Crippen MR) is 105 cm³/mol. The first-order chi connectivity index (χ1) is 12.5. The molecule has 1 heterocycles. The van der Waals surface area contributed by atoms with Gasteiger partial charge in [0.2, 0.25) is 5.91 Å². The minimum absolute atomic E-state index is 0.0240. The van der Waals surface area contributed by atoms with Crippen LogP contribution in [0.2, 0.25) is 0 Å². The van der Waals surface area contributed by atoms with Gasteiger partial charge in [-0.1, -0.05) is 12.1 Å². The molecule has 5 aliphatic rings. The van der Waals surface area contributed by atoms with Gasteiger partial charge in [0.25, 0.3) is 0 Å². The third-order valence-electron chi connectivity index (χ3n) is 7.76. The summed E-state index contributed by atoms with van der Waals surface area (Å²) in [6, 6.07) is 6.70. The zero-order valence-electron chi connectivity index (χ0n) is 16.3. The molecule has 0 aromatic heterocycles. The first-order valence-electron chi connectivity index (χ1n) is 10.6. The van der Waals surface area contributed by atoms with E-state index in [4.69, 9.17) is 0 Å². The molecule has 0 N–H and O–H groups in total. The minimum atomic E-state index is 0.0240. The fourth-order valence-corrected chi connectivity index (χ4v) is 6.92. The van der Waals surface area contributed by atoms with Crippen LogP contribution in [0.25, 0.3) is 0 Å². The summed E-state index contributed by atoms with van der Waals surface area (Å²) in [5.74, 6) is 3.06. The molecular weight excluding hydrogens is 320 g/mol.